The van der Waals surface area contributed by atoms with Gasteiger partial charge >= 0.3 is 0 Å². The number of hydrogen-bond acceptors (Lipinski definition) is 2. The van der Waals surface area contributed by atoms with Crippen molar-refractivity contribution in [1.82, 2.24) is 9.80 Å². The van der Waals surface area contributed by atoms with Gasteiger partial charge in [-0.15, -0.1) is 0 Å². The average molecular weight is 338 g/mol. The summed E-state index contributed by atoms with van der Waals surface area (Å²) in [6.45, 7) is 3.37. The lowest BCUT2D eigenvalue weighted by Crippen LogP contribution is -2.66. The van der Waals surface area contributed by atoms with Gasteiger partial charge in [0.25, 0.3) is 5.91 Å². The van der Waals surface area contributed by atoms with Crippen LogP contribution in [0.3, 0.4) is 0 Å². The number of rotatable bonds is 3. The molecular weight excluding hydrogens is 315 g/mol. The van der Waals surface area contributed by atoms with Crippen molar-refractivity contribution in [2.75, 3.05) is 19.6 Å². The van der Waals surface area contributed by atoms with E-state index in [1.807, 2.05) is 41.3 Å². The highest BCUT2D eigenvalue weighted by Crippen LogP contribution is 2.40. The summed E-state index contributed by atoms with van der Waals surface area (Å²) in [4.78, 5) is 17.2. The molecule has 2 aromatic carbocycles. The molecule has 0 saturated carbocycles. The van der Waals surface area contributed by atoms with E-state index < -0.39 is 0 Å². The summed E-state index contributed by atoms with van der Waals surface area (Å²) < 4.78 is 13.5. The van der Waals surface area contributed by atoms with Crippen molar-refractivity contribution in [3.63, 3.8) is 0 Å². The van der Waals surface area contributed by atoms with E-state index in [0.717, 1.165) is 56.6 Å². The van der Waals surface area contributed by atoms with Gasteiger partial charge in [-0.05, 0) is 49.1 Å². The van der Waals surface area contributed by atoms with Crippen LogP contribution in [0, 0.1) is 5.82 Å². The SMILES string of the molecule is O=C(c1ccccc1)N1CCC[C@@]2(CCN2Cc2cccc(F)c2)C1. The molecule has 4 rings (SSSR count). The van der Waals surface area contributed by atoms with E-state index in [0.29, 0.717) is 0 Å². The maximum absolute atomic E-state index is 13.5. The zero-order valence-corrected chi connectivity index (χ0v) is 14.3. The van der Waals surface area contributed by atoms with Crippen LogP contribution < -0.4 is 0 Å². The Morgan fingerprint density at radius 3 is 2.60 bits per heavy atom. The van der Waals surface area contributed by atoms with Crippen LogP contribution in [-0.2, 0) is 6.54 Å². The number of nitrogens with zero attached hydrogens (tertiary/aromatic N) is 2. The number of hydrogen-bond donors (Lipinski definition) is 0. The smallest absolute Gasteiger partial charge is 0.253 e. The van der Waals surface area contributed by atoms with Gasteiger partial charge in [0, 0.05) is 37.3 Å². The molecule has 1 spiro atoms. The fourth-order valence-corrected chi connectivity index (χ4v) is 4.20. The molecule has 2 fully saturated rings. The molecule has 2 saturated heterocycles. The highest BCUT2D eigenvalue weighted by Gasteiger charge is 2.47. The standard InChI is InChI=1S/C21H23FN2O/c22-19-9-4-6-17(14-19)15-24-13-11-21(24)10-5-12-23(16-21)20(25)18-7-2-1-3-8-18/h1-4,6-9,14H,5,10-13,15-16H2/t21-/m1/s1. The van der Waals surface area contributed by atoms with Gasteiger partial charge in [0.1, 0.15) is 5.82 Å². The minimum absolute atomic E-state index is 0.0645. The van der Waals surface area contributed by atoms with Crippen molar-refractivity contribution in [1.29, 1.82) is 0 Å². The second-order valence-corrected chi connectivity index (χ2v) is 7.22. The van der Waals surface area contributed by atoms with E-state index in [9.17, 15) is 9.18 Å². The molecule has 1 atom stereocenters. The van der Waals surface area contributed by atoms with Crippen LogP contribution in [0.4, 0.5) is 4.39 Å². The fraction of sp³-hybridized carbons (Fsp3) is 0.381. The third-order valence-electron chi connectivity index (χ3n) is 5.64. The summed E-state index contributed by atoms with van der Waals surface area (Å²) in [5.74, 6) is -0.0612. The monoisotopic (exact) mass is 338 g/mol. The Labute approximate surface area is 148 Å². The lowest BCUT2D eigenvalue weighted by atomic mass is 9.77. The molecule has 2 aliphatic heterocycles. The molecule has 0 aromatic heterocycles. The number of piperidine rings is 1. The third kappa shape index (κ3) is 3.19. The van der Waals surface area contributed by atoms with Crippen molar-refractivity contribution >= 4 is 5.91 Å². The molecular formula is C21H23FN2O. The quantitative estimate of drug-likeness (QED) is 0.852. The van der Waals surface area contributed by atoms with Crippen LogP contribution in [0.15, 0.2) is 54.6 Å². The predicted molar refractivity (Wildman–Crippen MR) is 95.7 cm³/mol. The first-order valence-electron chi connectivity index (χ1n) is 9.00. The minimum Gasteiger partial charge on any atom is -0.337 e. The Bertz CT molecular complexity index is 764. The van der Waals surface area contributed by atoms with Gasteiger partial charge in [-0.25, -0.2) is 4.39 Å². The molecule has 0 bridgehead atoms. The van der Waals surface area contributed by atoms with Crippen LogP contribution in [0.25, 0.3) is 0 Å². The van der Waals surface area contributed by atoms with Crippen molar-refractivity contribution in [2.45, 2.75) is 31.3 Å². The molecule has 4 heteroatoms. The topological polar surface area (TPSA) is 23.6 Å². The second kappa shape index (κ2) is 6.60. The highest BCUT2D eigenvalue weighted by molar-refractivity contribution is 5.94. The lowest BCUT2D eigenvalue weighted by Gasteiger charge is -2.57. The summed E-state index contributed by atoms with van der Waals surface area (Å²) in [6, 6.07) is 16.4. The summed E-state index contributed by atoms with van der Waals surface area (Å²) >= 11 is 0. The Morgan fingerprint density at radius 2 is 1.88 bits per heavy atom. The van der Waals surface area contributed by atoms with Crippen molar-refractivity contribution in [3.8, 4) is 0 Å². The third-order valence-corrected chi connectivity index (χ3v) is 5.64. The second-order valence-electron chi connectivity index (χ2n) is 7.22. The van der Waals surface area contributed by atoms with E-state index >= 15 is 0 Å². The maximum atomic E-state index is 13.5. The largest absolute Gasteiger partial charge is 0.337 e. The van der Waals surface area contributed by atoms with E-state index in [4.69, 9.17) is 0 Å². The van der Waals surface area contributed by atoms with Crippen LogP contribution in [0.1, 0.15) is 35.2 Å². The summed E-state index contributed by atoms with van der Waals surface area (Å²) in [6.07, 6.45) is 3.25. The number of carbonyl (C=O) groups excluding carboxylic acids is 1. The van der Waals surface area contributed by atoms with Gasteiger partial charge in [-0.2, -0.15) is 0 Å². The molecule has 0 unspecified atom stereocenters. The molecule has 1 amide bonds. The lowest BCUT2D eigenvalue weighted by molar-refractivity contribution is -0.0649. The van der Waals surface area contributed by atoms with Gasteiger partial charge < -0.3 is 4.90 Å². The van der Waals surface area contributed by atoms with Crippen molar-refractivity contribution in [3.05, 3.63) is 71.5 Å². The van der Waals surface area contributed by atoms with E-state index in [1.165, 1.54) is 6.07 Å². The Hall–Kier alpha value is -2.20. The maximum Gasteiger partial charge on any atom is 0.253 e. The molecule has 3 nitrogen and oxygen atoms in total. The molecule has 2 heterocycles. The predicted octanol–water partition coefficient (Wildman–Crippen LogP) is 3.71. The zero-order chi connectivity index (χ0) is 17.3. The first kappa shape index (κ1) is 16.3. The average Bonchev–Trinajstić information content (AvgIpc) is 2.65. The zero-order valence-electron chi connectivity index (χ0n) is 14.3. The first-order chi connectivity index (χ1) is 12.2. The van der Waals surface area contributed by atoms with Gasteiger partial charge in [-0.1, -0.05) is 30.3 Å². The summed E-state index contributed by atoms with van der Waals surface area (Å²) in [5, 5.41) is 0. The number of benzene rings is 2. The van der Waals surface area contributed by atoms with Crippen LogP contribution >= 0.6 is 0 Å². The Kier molecular flexibility index (Phi) is 4.30. The molecule has 25 heavy (non-hydrogen) atoms. The molecule has 2 aromatic rings. The number of carbonyl (C=O) groups is 1. The van der Waals surface area contributed by atoms with Crippen LogP contribution in [-0.4, -0.2) is 40.9 Å². The van der Waals surface area contributed by atoms with E-state index in [2.05, 4.69) is 4.90 Å². The van der Waals surface area contributed by atoms with Crippen LogP contribution in [0.2, 0.25) is 0 Å². The van der Waals surface area contributed by atoms with Gasteiger partial charge in [-0.3, -0.25) is 9.69 Å². The number of likely N-dealkylation sites (tertiary alicyclic amines) is 2. The van der Waals surface area contributed by atoms with E-state index in [1.54, 1.807) is 12.1 Å². The molecule has 0 N–H and O–H groups in total. The molecule has 2 aliphatic rings. The fourth-order valence-electron chi connectivity index (χ4n) is 4.20. The molecule has 130 valence electrons. The van der Waals surface area contributed by atoms with E-state index in [-0.39, 0.29) is 17.3 Å². The normalized spacial score (nSPS) is 23.5. The van der Waals surface area contributed by atoms with Gasteiger partial charge in [0.15, 0.2) is 0 Å². The minimum atomic E-state index is -0.184. The van der Waals surface area contributed by atoms with Gasteiger partial charge in [0.05, 0.1) is 0 Å². The highest BCUT2D eigenvalue weighted by atomic mass is 19.1. The molecule has 0 aliphatic carbocycles. The van der Waals surface area contributed by atoms with Gasteiger partial charge in [0.2, 0.25) is 0 Å². The Balaban J connectivity index is 1.47. The van der Waals surface area contributed by atoms with Crippen molar-refractivity contribution in [2.24, 2.45) is 0 Å². The number of amides is 1. The summed E-state index contributed by atoms with van der Waals surface area (Å²) in [5.41, 5.74) is 1.83. The Morgan fingerprint density at radius 1 is 1.04 bits per heavy atom. The van der Waals surface area contributed by atoms with Crippen LogP contribution in [0.5, 0.6) is 0 Å². The number of halogens is 1. The first-order valence-corrected chi connectivity index (χ1v) is 9.00. The van der Waals surface area contributed by atoms with Crippen molar-refractivity contribution < 1.29 is 9.18 Å². The molecule has 0 radical (unpaired) electrons. The summed E-state index contributed by atoms with van der Waals surface area (Å²) in [7, 11) is 0.